The molecule has 0 fully saturated rings. The van der Waals surface area contributed by atoms with Gasteiger partial charge in [0.2, 0.25) is 0 Å². The smallest absolute Gasteiger partial charge is 0.253 e. The number of rotatable bonds is 5. The monoisotopic (exact) mass is 305 g/mol. The van der Waals surface area contributed by atoms with Gasteiger partial charge in [-0.15, -0.1) is 0 Å². The maximum atomic E-state index is 11.9. The Hall–Kier alpha value is -2.04. The van der Waals surface area contributed by atoms with E-state index in [1.54, 1.807) is 48.5 Å². The van der Waals surface area contributed by atoms with Gasteiger partial charge in [0, 0.05) is 11.6 Å². The Morgan fingerprint density at radius 2 is 1.90 bits per heavy atom. The molecule has 0 bridgehead atoms. The number of aromatic hydroxyl groups is 1. The van der Waals surface area contributed by atoms with Crippen LogP contribution < -0.4 is 5.32 Å². The molecule has 0 aliphatic carbocycles. The first kappa shape index (κ1) is 15.4. The number of aliphatic hydroxyl groups is 1. The molecule has 0 saturated heterocycles. The Morgan fingerprint density at radius 3 is 2.57 bits per heavy atom. The molecule has 0 radical (unpaired) electrons. The van der Waals surface area contributed by atoms with Crippen molar-refractivity contribution in [3.05, 3.63) is 64.7 Å². The van der Waals surface area contributed by atoms with Gasteiger partial charge < -0.3 is 15.5 Å². The molecule has 0 saturated carbocycles. The van der Waals surface area contributed by atoms with Crippen molar-refractivity contribution in [1.29, 1.82) is 0 Å². The van der Waals surface area contributed by atoms with E-state index in [1.165, 1.54) is 0 Å². The minimum absolute atomic E-state index is 0.208. The van der Waals surface area contributed by atoms with E-state index < -0.39 is 12.0 Å². The number of carbonyl (C=O) groups is 1. The van der Waals surface area contributed by atoms with Crippen molar-refractivity contribution in [2.45, 2.75) is 12.5 Å². The Labute approximate surface area is 128 Å². The van der Waals surface area contributed by atoms with E-state index in [0.29, 0.717) is 23.6 Å². The molecule has 2 rings (SSSR count). The predicted molar refractivity (Wildman–Crippen MR) is 81.2 cm³/mol. The fourth-order valence-electron chi connectivity index (χ4n) is 1.92. The number of aliphatic hydroxyl groups excluding tert-OH is 1. The minimum Gasteiger partial charge on any atom is -0.508 e. The van der Waals surface area contributed by atoms with Gasteiger partial charge in [-0.1, -0.05) is 35.9 Å². The van der Waals surface area contributed by atoms with E-state index in [2.05, 4.69) is 5.32 Å². The Balaban J connectivity index is 1.85. The number of phenolic OH excluding ortho intramolecular Hbond substituents is 1. The van der Waals surface area contributed by atoms with Gasteiger partial charge >= 0.3 is 0 Å². The van der Waals surface area contributed by atoms with Crippen LogP contribution in [-0.2, 0) is 11.2 Å². The molecule has 4 nitrogen and oxygen atoms in total. The number of phenols is 1. The average Bonchev–Trinajstić information content (AvgIpc) is 2.48. The molecule has 5 heteroatoms. The second-order valence-corrected chi connectivity index (χ2v) is 5.10. The summed E-state index contributed by atoms with van der Waals surface area (Å²) in [6.45, 7) is 0.404. The summed E-state index contributed by atoms with van der Waals surface area (Å²) in [6.07, 6.45) is -0.614. The highest BCUT2D eigenvalue weighted by molar-refractivity contribution is 6.30. The molecule has 110 valence electrons. The Kier molecular flexibility index (Phi) is 5.20. The lowest BCUT2D eigenvalue weighted by Crippen LogP contribution is -2.30. The fourth-order valence-corrected chi connectivity index (χ4v) is 2.12. The number of hydrogen-bond donors (Lipinski definition) is 3. The van der Waals surface area contributed by atoms with Crippen LogP contribution in [0, 0.1) is 0 Å². The highest BCUT2D eigenvalue weighted by atomic mass is 35.5. The molecule has 21 heavy (non-hydrogen) atoms. The first-order valence-corrected chi connectivity index (χ1v) is 6.93. The normalized spacial score (nSPS) is 11.9. The fraction of sp³-hybridized carbons (Fsp3) is 0.188. The molecular weight excluding hydrogens is 290 g/mol. The van der Waals surface area contributed by atoms with Crippen molar-refractivity contribution in [3.8, 4) is 5.75 Å². The van der Waals surface area contributed by atoms with E-state index in [9.17, 15) is 15.0 Å². The second kappa shape index (κ2) is 7.11. The van der Waals surface area contributed by atoms with Gasteiger partial charge in [-0.2, -0.15) is 0 Å². The van der Waals surface area contributed by atoms with E-state index in [0.717, 1.165) is 5.56 Å². The number of amides is 1. The van der Waals surface area contributed by atoms with Gasteiger partial charge in [0.15, 0.2) is 6.10 Å². The predicted octanol–water partition coefficient (Wildman–Crippen LogP) is 2.44. The summed E-state index contributed by atoms with van der Waals surface area (Å²) >= 11 is 5.83. The standard InChI is InChI=1S/C16H16ClNO3/c17-13-3-1-2-12(10-13)15(20)16(21)18-9-8-11-4-6-14(19)7-5-11/h1-7,10,15,19-20H,8-9H2,(H,18,21)/t15-/m1/s1. The van der Waals surface area contributed by atoms with Crippen LogP contribution in [0.25, 0.3) is 0 Å². The summed E-state index contributed by atoms with van der Waals surface area (Å²) < 4.78 is 0. The van der Waals surface area contributed by atoms with E-state index >= 15 is 0 Å². The van der Waals surface area contributed by atoms with Crippen molar-refractivity contribution >= 4 is 17.5 Å². The topological polar surface area (TPSA) is 69.6 Å². The van der Waals surface area contributed by atoms with Gasteiger partial charge in [-0.05, 0) is 41.8 Å². The van der Waals surface area contributed by atoms with Crippen LogP contribution >= 0.6 is 11.6 Å². The first-order chi connectivity index (χ1) is 10.1. The van der Waals surface area contributed by atoms with Crippen LogP contribution in [0.3, 0.4) is 0 Å². The third-order valence-electron chi connectivity index (χ3n) is 3.06. The lowest BCUT2D eigenvalue weighted by atomic mass is 10.1. The van der Waals surface area contributed by atoms with Crippen LogP contribution in [0.4, 0.5) is 0 Å². The Morgan fingerprint density at radius 1 is 1.19 bits per heavy atom. The summed E-state index contributed by atoms with van der Waals surface area (Å²) in [5.74, 6) is -0.254. The van der Waals surface area contributed by atoms with Crippen molar-refractivity contribution in [1.82, 2.24) is 5.32 Å². The van der Waals surface area contributed by atoms with E-state index in [4.69, 9.17) is 11.6 Å². The van der Waals surface area contributed by atoms with Crippen LogP contribution in [-0.4, -0.2) is 22.7 Å². The zero-order valence-corrected chi connectivity index (χ0v) is 12.0. The second-order valence-electron chi connectivity index (χ2n) is 4.67. The van der Waals surface area contributed by atoms with E-state index in [1.807, 2.05) is 0 Å². The summed E-state index contributed by atoms with van der Waals surface area (Å²) in [7, 11) is 0. The zero-order valence-electron chi connectivity index (χ0n) is 11.3. The molecule has 2 aromatic rings. The van der Waals surface area contributed by atoms with Crippen molar-refractivity contribution in [2.75, 3.05) is 6.54 Å². The minimum atomic E-state index is -1.23. The summed E-state index contributed by atoms with van der Waals surface area (Å²) in [5, 5.41) is 22.3. The lowest BCUT2D eigenvalue weighted by Gasteiger charge is -2.12. The Bertz CT molecular complexity index is 613. The molecule has 1 atom stereocenters. The van der Waals surface area contributed by atoms with Gasteiger partial charge in [0.25, 0.3) is 5.91 Å². The number of hydrogen-bond acceptors (Lipinski definition) is 3. The van der Waals surface area contributed by atoms with Crippen LogP contribution in [0.2, 0.25) is 5.02 Å². The first-order valence-electron chi connectivity index (χ1n) is 6.55. The van der Waals surface area contributed by atoms with Crippen molar-refractivity contribution in [2.24, 2.45) is 0 Å². The van der Waals surface area contributed by atoms with Crippen LogP contribution in [0.1, 0.15) is 17.2 Å². The molecule has 1 amide bonds. The van der Waals surface area contributed by atoms with Crippen molar-refractivity contribution < 1.29 is 15.0 Å². The quantitative estimate of drug-likeness (QED) is 0.794. The van der Waals surface area contributed by atoms with Gasteiger partial charge in [0.05, 0.1) is 0 Å². The highest BCUT2D eigenvalue weighted by Gasteiger charge is 2.16. The molecule has 0 aliphatic heterocycles. The van der Waals surface area contributed by atoms with Crippen molar-refractivity contribution in [3.63, 3.8) is 0 Å². The molecule has 0 heterocycles. The maximum absolute atomic E-state index is 11.9. The van der Waals surface area contributed by atoms with Gasteiger partial charge in [-0.3, -0.25) is 4.79 Å². The van der Waals surface area contributed by atoms with Crippen LogP contribution in [0.15, 0.2) is 48.5 Å². The zero-order chi connectivity index (χ0) is 15.2. The molecule has 3 N–H and O–H groups in total. The molecule has 0 unspecified atom stereocenters. The molecule has 0 aromatic heterocycles. The molecule has 2 aromatic carbocycles. The third kappa shape index (κ3) is 4.48. The maximum Gasteiger partial charge on any atom is 0.253 e. The van der Waals surface area contributed by atoms with Crippen LogP contribution in [0.5, 0.6) is 5.75 Å². The molecule has 0 spiro atoms. The summed E-state index contributed by atoms with van der Waals surface area (Å²) in [5.41, 5.74) is 1.45. The number of halogens is 1. The summed E-state index contributed by atoms with van der Waals surface area (Å²) in [6, 6.07) is 13.3. The average molecular weight is 306 g/mol. The molecular formula is C16H16ClNO3. The highest BCUT2D eigenvalue weighted by Crippen LogP contribution is 2.17. The largest absolute Gasteiger partial charge is 0.508 e. The number of nitrogens with one attached hydrogen (secondary N) is 1. The van der Waals surface area contributed by atoms with Gasteiger partial charge in [0.1, 0.15) is 5.75 Å². The number of benzene rings is 2. The van der Waals surface area contributed by atoms with E-state index in [-0.39, 0.29) is 5.75 Å². The SMILES string of the molecule is O=C(NCCc1ccc(O)cc1)[C@H](O)c1cccc(Cl)c1. The molecule has 0 aliphatic rings. The lowest BCUT2D eigenvalue weighted by molar-refractivity contribution is -0.129. The third-order valence-corrected chi connectivity index (χ3v) is 3.30. The number of carbonyl (C=O) groups excluding carboxylic acids is 1. The van der Waals surface area contributed by atoms with Gasteiger partial charge in [-0.25, -0.2) is 0 Å². The summed E-state index contributed by atoms with van der Waals surface area (Å²) in [4.78, 5) is 11.9.